The molecule has 0 aromatic heterocycles. The summed E-state index contributed by atoms with van der Waals surface area (Å²) in [6, 6.07) is 0. The number of ether oxygens (including phenoxy) is 12. The van der Waals surface area contributed by atoms with Crippen molar-refractivity contribution in [2.75, 3.05) is 159 Å². The van der Waals surface area contributed by atoms with Crippen LogP contribution in [-0.4, -0.2) is 187 Å². The van der Waals surface area contributed by atoms with Gasteiger partial charge in [0, 0.05) is 25.4 Å². The van der Waals surface area contributed by atoms with Crippen molar-refractivity contribution in [3.63, 3.8) is 0 Å². The third-order valence-corrected chi connectivity index (χ3v) is 8.09. The van der Waals surface area contributed by atoms with Gasteiger partial charge in [0.1, 0.15) is 11.6 Å². The van der Waals surface area contributed by atoms with Crippen LogP contribution in [0.1, 0.15) is 61.3 Å². The first-order valence-electron chi connectivity index (χ1n) is 19.4. The largest absolute Gasteiger partial charge is 0.379 e. The maximum Gasteiger partial charge on any atom is 0.373 e. The molecule has 17 heteroatoms. The number of hydrogen-bond acceptors (Lipinski definition) is 17. The molecule has 0 saturated carbocycles. The predicted octanol–water partition coefficient (Wildman–Crippen LogP) is 3.73. The first-order chi connectivity index (χ1) is 26.8. The number of rotatable bonds is 44. The van der Waals surface area contributed by atoms with Gasteiger partial charge in [-0.15, -0.1) is 11.8 Å². The van der Waals surface area contributed by atoms with Gasteiger partial charge in [-0.3, -0.25) is 9.59 Å². The molecule has 1 unspecified atom stereocenters. The summed E-state index contributed by atoms with van der Waals surface area (Å²) < 4.78 is 65.7. The minimum Gasteiger partial charge on any atom is -0.379 e. The average molecular weight is 833 g/mol. The lowest BCUT2D eigenvalue weighted by Crippen LogP contribution is -2.16. The fourth-order valence-corrected chi connectivity index (χ4v) is 5.10. The topological polar surface area (TPSA) is 179 Å². The van der Waals surface area contributed by atoms with Crippen LogP contribution < -0.4 is 0 Å². The Balaban J connectivity index is -0.00000678. The summed E-state index contributed by atoms with van der Waals surface area (Å²) in [6.07, 6.45) is 2.01. The summed E-state index contributed by atoms with van der Waals surface area (Å²) in [4.78, 5) is 39.8. The molecule has 0 aliphatic rings. The molecular formula is C39H76O16S. The fraction of sp³-hybridized carbons (Fsp3) is 0.923. The van der Waals surface area contributed by atoms with Gasteiger partial charge in [-0.2, -0.15) is 9.59 Å². The van der Waals surface area contributed by atoms with Crippen molar-refractivity contribution in [1.82, 2.24) is 0 Å². The molecule has 0 N–H and O–H groups in total. The lowest BCUT2D eigenvalue weighted by atomic mass is 10.1. The van der Waals surface area contributed by atoms with E-state index in [0.29, 0.717) is 182 Å². The summed E-state index contributed by atoms with van der Waals surface area (Å²) in [7, 11) is 0. The van der Waals surface area contributed by atoms with Gasteiger partial charge in [-0.25, -0.2) is 0 Å². The van der Waals surface area contributed by atoms with E-state index in [1.807, 2.05) is 20.8 Å². The normalized spacial score (nSPS) is 11.6. The Kier molecular flexibility index (Phi) is 52.3. The molecule has 0 rings (SSSR count). The predicted molar refractivity (Wildman–Crippen MR) is 212 cm³/mol. The van der Waals surface area contributed by atoms with Gasteiger partial charge in [0.2, 0.25) is 0 Å². The van der Waals surface area contributed by atoms with Gasteiger partial charge in [0.25, 0.3) is 0 Å². The highest BCUT2D eigenvalue weighted by molar-refractivity contribution is 8.01. The van der Waals surface area contributed by atoms with Crippen LogP contribution in [0.4, 0.5) is 0 Å². The Bertz CT molecular complexity index is 846. The zero-order valence-electron chi connectivity index (χ0n) is 34.3. The highest BCUT2D eigenvalue weighted by Crippen LogP contribution is 2.19. The molecule has 334 valence electrons. The zero-order valence-corrected chi connectivity index (χ0v) is 35.1. The highest BCUT2D eigenvalue weighted by atomic mass is 32.2. The van der Waals surface area contributed by atoms with Crippen LogP contribution in [0.3, 0.4) is 0 Å². The van der Waals surface area contributed by atoms with Gasteiger partial charge in [0.15, 0.2) is 0 Å². The van der Waals surface area contributed by atoms with Crippen molar-refractivity contribution in [3.8, 4) is 0 Å². The summed E-state index contributed by atoms with van der Waals surface area (Å²) in [5.41, 5.74) is 0. The first kappa shape index (κ1) is 58.9. The molecule has 0 fully saturated rings. The molecule has 0 spiro atoms. The van der Waals surface area contributed by atoms with E-state index in [9.17, 15) is 9.59 Å². The molecule has 0 aliphatic heterocycles. The number of ketones is 2. The van der Waals surface area contributed by atoms with Crippen molar-refractivity contribution in [2.45, 2.75) is 71.8 Å². The van der Waals surface area contributed by atoms with Crippen molar-refractivity contribution in [3.05, 3.63) is 0 Å². The Morgan fingerprint density at radius 2 is 0.625 bits per heavy atom. The molecule has 0 aromatic rings. The number of thioether (sulfide) groups is 1. The van der Waals surface area contributed by atoms with Gasteiger partial charge in [0.05, 0.1) is 157 Å². The second kappa shape index (κ2) is 49.7. The minimum atomic E-state index is 0. The van der Waals surface area contributed by atoms with Crippen LogP contribution >= 0.6 is 11.8 Å². The van der Waals surface area contributed by atoms with E-state index >= 15 is 0 Å². The van der Waals surface area contributed by atoms with Crippen molar-refractivity contribution >= 4 is 29.5 Å². The number of hydrogen-bond donors (Lipinski definition) is 0. The Labute approximate surface area is 341 Å². The van der Waals surface area contributed by atoms with Crippen LogP contribution in [0.2, 0.25) is 0 Å². The Hall–Kier alpha value is -1.41. The first-order valence-corrected chi connectivity index (χ1v) is 20.3. The van der Waals surface area contributed by atoms with Gasteiger partial charge < -0.3 is 56.8 Å². The summed E-state index contributed by atoms with van der Waals surface area (Å²) >= 11 is 1.71. The van der Waals surface area contributed by atoms with Crippen LogP contribution in [0.25, 0.3) is 0 Å². The summed E-state index contributed by atoms with van der Waals surface area (Å²) in [5.74, 6) is 0.565. The van der Waals surface area contributed by atoms with Gasteiger partial charge in [-0.1, -0.05) is 35.1 Å². The molecule has 56 heavy (non-hydrogen) atoms. The lowest BCUT2D eigenvalue weighted by Gasteiger charge is -2.12. The number of carbonyl (C=O) groups is 2. The lowest BCUT2D eigenvalue weighted by molar-refractivity contribution is -0.191. The third kappa shape index (κ3) is 50.6. The number of carbonyl (C=O) groups excluding carboxylic acids is 4. The molecule has 0 saturated heterocycles. The molecule has 0 bridgehead atoms. The average Bonchev–Trinajstić information content (AvgIpc) is 3.15. The molecule has 16 nitrogen and oxygen atoms in total. The van der Waals surface area contributed by atoms with E-state index in [1.165, 1.54) is 0 Å². The zero-order chi connectivity index (χ0) is 40.9. The molecule has 1 atom stereocenters. The van der Waals surface area contributed by atoms with Crippen molar-refractivity contribution in [2.24, 2.45) is 5.92 Å². The molecule has 0 amide bonds. The molecule has 0 radical (unpaired) electrons. The van der Waals surface area contributed by atoms with E-state index in [0.717, 1.165) is 6.42 Å². The van der Waals surface area contributed by atoms with Crippen LogP contribution in [0.5, 0.6) is 0 Å². The summed E-state index contributed by atoms with van der Waals surface area (Å²) in [5, 5.41) is 0.517. The quantitative estimate of drug-likeness (QED) is 0.0810. The maximum atomic E-state index is 12.0. The Morgan fingerprint density at radius 3 is 0.857 bits per heavy atom. The summed E-state index contributed by atoms with van der Waals surface area (Å²) in [6.45, 7) is 21.9. The highest BCUT2D eigenvalue weighted by Gasteiger charge is 2.14. The van der Waals surface area contributed by atoms with E-state index in [1.54, 1.807) is 11.8 Å². The molecule has 0 aliphatic carbocycles. The smallest absolute Gasteiger partial charge is 0.373 e. The van der Waals surface area contributed by atoms with Gasteiger partial charge in [-0.05, 0) is 18.6 Å². The van der Waals surface area contributed by atoms with Crippen LogP contribution in [0, 0.1) is 5.92 Å². The molecule has 0 heterocycles. The van der Waals surface area contributed by atoms with Crippen LogP contribution in [0.15, 0.2) is 0 Å². The standard InChI is InChI=1S/C37H72O14S.CO2.CH4/c1-33(2)36(38)8-10-41-12-14-43-16-18-45-20-22-47-24-26-49-28-30-51-32-31-50-29-27-48-25-23-46-21-19-44-17-15-42-13-11-40-9-6-7-37(39)35(5)52-34(3)4;2-1-3;/h33-35H,6-32H2,1-5H3;;1H4. The third-order valence-electron chi connectivity index (χ3n) is 6.87. The van der Waals surface area contributed by atoms with E-state index < -0.39 is 0 Å². The Morgan fingerprint density at radius 1 is 0.393 bits per heavy atom. The maximum absolute atomic E-state index is 12.0. The molecular weight excluding hydrogens is 756 g/mol. The van der Waals surface area contributed by atoms with E-state index in [2.05, 4.69) is 13.8 Å². The number of Topliss-reactive ketones (excluding diaryl/α,β-unsaturated/α-hetero) is 2. The minimum absolute atomic E-state index is 0. The molecule has 0 aromatic carbocycles. The second-order valence-corrected chi connectivity index (χ2v) is 14.1. The van der Waals surface area contributed by atoms with E-state index in [-0.39, 0.29) is 30.5 Å². The monoisotopic (exact) mass is 832 g/mol. The SMILES string of the molecule is C.CC(C)SC(C)C(=O)CCCOCCOCCOCCOCCOCCOCCOCCOCCOCCOCCOCCOCCC(=O)C(C)C.O=C=O. The van der Waals surface area contributed by atoms with Crippen molar-refractivity contribution in [1.29, 1.82) is 0 Å². The second-order valence-electron chi connectivity index (χ2n) is 12.2. The van der Waals surface area contributed by atoms with Gasteiger partial charge >= 0.3 is 6.15 Å². The van der Waals surface area contributed by atoms with E-state index in [4.69, 9.17) is 66.4 Å². The van der Waals surface area contributed by atoms with Crippen molar-refractivity contribution < 1.29 is 76.0 Å². The fourth-order valence-electron chi connectivity index (χ4n) is 4.02. The van der Waals surface area contributed by atoms with Crippen LogP contribution in [-0.2, 0) is 76.0 Å².